The molecular weight excluding hydrogens is 334 g/mol. The SMILES string of the molecule is CC(C)N(C(=O)COC(=O)CCn1cnc2ccccc2c1=O)C(C)C. The largest absolute Gasteiger partial charge is 0.456 e. The van der Waals surface area contributed by atoms with E-state index in [1.54, 1.807) is 23.1 Å². The second-order valence-electron chi connectivity index (χ2n) is 6.66. The number of amides is 1. The van der Waals surface area contributed by atoms with Crippen LogP contribution in [0, 0.1) is 0 Å². The number of ether oxygens (including phenoxy) is 1. The van der Waals surface area contributed by atoms with Crippen LogP contribution in [-0.4, -0.2) is 45.0 Å². The van der Waals surface area contributed by atoms with Crippen LogP contribution in [0.25, 0.3) is 10.9 Å². The zero-order chi connectivity index (χ0) is 19.3. The molecule has 0 unspecified atom stereocenters. The number of benzene rings is 1. The normalized spacial score (nSPS) is 11.2. The Balaban J connectivity index is 1.92. The third kappa shape index (κ3) is 4.68. The second-order valence-corrected chi connectivity index (χ2v) is 6.66. The Bertz CT molecular complexity index is 834. The number of esters is 1. The van der Waals surface area contributed by atoms with Crippen LogP contribution in [0.3, 0.4) is 0 Å². The molecule has 0 saturated heterocycles. The van der Waals surface area contributed by atoms with Crippen molar-refractivity contribution in [2.75, 3.05) is 6.61 Å². The molecule has 1 aromatic heterocycles. The Morgan fingerprint density at radius 2 is 1.81 bits per heavy atom. The van der Waals surface area contributed by atoms with Crippen molar-refractivity contribution in [1.82, 2.24) is 14.5 Å². The van der Waals surface area contributed by atoms with Gasteiger partial charge in [-0.1, -0.05) is 12.1 Å². The highest BCUT2D eigenvalue weighted by Gasteiger charge is 2.21. The van der Waals surface area contributed by atoms with Crippen molar-refractivity contribution in [2.45, 2.75) is 52.7 Å². The van der Waals surface area contributed by atoms with E-state index in [0.717, 1.165) is 0 Å². The average molecular weight is 359 g/mol. The Labute approximate surface area is 152 Å². The summed E-state index contributed by atoms with van der Waals surface area (Å²) in [6.07, 6.45) is 1.42. The Kier molecular flexibility index (Phi) is 6.49. The predicted octanol–water partition coefficient (Wildman–Crippen LogP) is 1.98. The zero-order valence-corrected chi connectivity index (χ0v) is 15.6. The first kappa shape index (κ1) is 19.6. The highest BCUT2D eigenvalue weighted by Crippen LogP contribution is 2.07. The molecule has 0 saturated carbocycles. The maximum atomic E-state index is 12.4. The van der Waals surface area contributed by atoms with Crippen molar-refractivity contribution >= 4 is 22.8 Å². The van der Waals surface area contributed by atoms with E-state index >= 15 is 0 Å². The molecule has 1 aromatic carbocycles. The van der Waals surface area contributed by atoms with E-state index in [0.29, 0.717) is 10.9 Å². The third-order valence-electron chi connectivity index (χ3n) is 4.05. The second kappa shape index (κ2) is 8.60. The number of hydrogen-bond donors (Lipinski definition) is 0. The maximum absolute atomic E-state index is 12.4. The van der Waals surface area contributed by atoms with Crippen molar-refractivity contribution in [3.63, 3.8) is 0 Å². The lowest BCUT2D eigenvalue weighted by atomic mass is 10.2. The first-order valence-electron chi connectivity index (χ1n) is 8.72. The van der Waals surface area contributed by atoms with Gasteiger partial charge in [0.2, 0.25) is 0 Å². The van der Waals surface area contributed by atoms with Crippen LogP contribution < -0.4 is 5.56 Å². The van der Waals surface area contributed by atoms with Crippen molar-refractivity contribution < 1.29 is 14.3 Å². The Morgan fingerprint density at radius 1 is 1.15 bits per heavy atom. The van der Waals surface area contributed by atoms with Crippen LogP contribution in [-0.2, 0) is 20.9 Å². The summed E-state index contributed by atoms with van der Waals surface area (Å²) < 4.78 is 6.44. The molecule has 0 bridgehead atoms. The molecule has 0 spiro atoms. The molecule has 7 heteroatoms. The van der Waals surface area contributed by atoms with E-state index in [1.807, 2.05) is 33.8 Å². The molecule has 140 valence electrons. The van der Waals surface area contributed by atoms with E-state index in [2.05, 4.69) is 4.98 Å². The number of rotatable bonds is 7. The van der Waals surface area contributed by atoms with Gasteiger partial charge in [-0.15, -0.1) is 0 Å². The van der Waals surface area contributed by atoms with Gasteiger partial charge in [-0.3, -0.25) is 19.0 Å². The molecule has 1 heterocycles. The van der Waals surface area contributed by atoms with Gasteiger partial charge in [-0.05, 0) is 39.8 Å². The fourth-order valence-electron chi connectivity index (χ4n) is 2.94. The lowest BCUT2D eigenvalue weighted by Gasteiger charge is -2.30. The summed E-state index contributed by atoms with van der Waals surface area (Å²) in [6, 6.07) is 7.10. The fourth-order valence-corrected chi connectivity index (χ4v) is 2.94. The summed E-state index contributed by atoms with van der Waals surface area (Å²) in [4.78, 5) is 42.4. The van der Waals surface area contributed by atoms with Crippen molar-refractivity contribution in [2.24, 2.45) is 0 Å². The minimum absolute atomic E-state index is 0.00341. The summed E-state index contributed by atoms with van der Waals surface area (Å²) in [5.41, 5.74) is 0.412. The molecule has 0 aliphatic carbocycles. The van der Waals surface area contributed by atoms with Gasteiger partial charge in [0, 0.05) is 18.6 Å². The average Bonchev–Trinajstić information content (AvgIpc) is 2.59. The minimum atomic E-state index is -0.522. The molecule has 26 heavy (non-hydrogen) atoms. The van der Waals surface area contributed by atoms with Crippen LogP contribution in [0.4, 0.5) is 0 Å². The van der Waals surface area contributed by atoms with Crippen LogP contribution in [0.1, 0.15) is 34.1 Å². The molecule has 0 atom stereocenters. The Hall–Kier alpha value is -2.70. The standard InChI is InChI=1S/C19H25N3O4/c1-13(2)22(14(3)4)17(23)11-26-18(24)9-10-21-12-20-16-8-6-5-7-15(16)19(21)25/h5-8,12-14H,9-11H2,1-4H3. The third-order valence-corrected chi connectivity index (χ3v) is 4.05. The van der Waals surface area contributed by atoms with Gasteiger partial charge in [0.25, 0.3) is 11.5 Å². The highest BCUT2D eigenvalue weighted by molar-refractivity contribution is 5.81. The van der Waals surface area contributed by atoms with Crippen molar-refractivity contribution in [3.8, 4) is 0 Å². The van der Waals surface area contributed by atoms with Gasteiger partial charge in [0.15, 0.2) is 6.61 Å². The molecule has 1 amide bonds. The van der Waals surface area contributed by atoms with Crippen LogP contribution in [0.15, 0.2) is 35.4 Å². The van der Waals surface area contributed by atoms with Crippen molar-refractivity contribution in [3.05, 3.63) is 40.9 Å². The van der Waals surface area contributed by atoms with E-state index in [1.165, 1.54) is 10.9 Å². The summed E-state index contributed by atoms with van der Waals surface area (Å²) in [7, 11) is 0. The maximum Gasteiger partial charge on any atom is 0.308 e. The Morgan fingerprint density at radius 3 is 2.46 bits per heavy atom. The van der Waals surface area contributed by atoms with Crippen LogP contribution >= 0.6 is 0 Å². The number of hydrogen-bond acceptors (Lipinski definition) is 5. The van der Waals surface area contributed by atoms with E-state index < -0.39 is 5.97 Å². The summed E-state index contributed by atoms with van der Waals surface area (Å²) >= 11 is 0. The van der Waals surface area contributed by atoms with Gasteiger partial charge in [0.05, 0.1) is 23.7 Å². The molecule has 2 rings (SSSR count). The molecule has 0 fully saturated rings. The molecule has 0 radical (unpaired) electrons. The summed E-state index contributed by atoms with van der Waals surface area (Å²) in [6.45, 7) is 7.53. The van der Waals surface area contributed by atoms with Gasteiger partial charge in [-0.2, -0.15) is 0 Å². The molecule has 0 N–H and O–H groups in total. The number of fused-ring (bicyclic) bond motifs is 1. The number of carbonyl (C=O) groups excluding carboxylic acids is 2. The van der Waals surface area contributed by atoms with Gasteiger partial charge < -0.3 is 9.64 Å². The molecule has 0 aliphatic rings. The first-order valence-corrected chi connectivity index (χ1v) is 8.72. The number of aromatic nitrogens is 2. The summed E-state index contributed by atoms with van der Waals surface area (Å²) in [5.74, 6) is -0.751. The lowest BCUT2D eigenvalue weighted by molar-refractivity contribution is -0.153. The fraction of sp³-hybridized carbons (Fsp3) is 0.474. The topological polar surface area (TPSA) is 81.5 Å². The molecule has 2 aromatic rings. The predicted molar refractivity (Wildman–Crippen MR) is 98.7 cm³/mol. The van der Waals surface area contributed by atoms with Crippen LogP contribution in [0.2, 0.25) is 0 Å². The van der Waals surface area contributed by atoms with Gasteiger partial charge >= 0.3 is 5.97 Å². The minimum Gasteiger partial charge on any atom is -0.456 e. The van der Waals surface area contributed by atoms with E-state index in [-0.39, 0.29) is 43.1 Å². The van der Waals surface area contributed by atoms with Crippen molar-refractivity contribution in [1.29, 1.82) is 0 Å². The number of carbonyl (C=O) groups is 2. The highest BCUT2D eigenvalue weighted by atomic mass is 16.5. The quantitative estimate of drug-likeness (QED) is 0.706. The van der Waals surface area contributed by atoms with Gasteiger partial charge in [0.1, 0.15) is 0 Å². The number of para-hydroxylation sites is 1. The number of aryl methyl sites for hydroxylation is 1. The van der Waals surface area contributed by atoms with Gasteiger partial charge in [-0.25, -0.2) is 4.98 Å². The lowest BCUT2D eigenvalue weighted by Crippen LogP contribution is -2.44. The monoisotopic (exact) mass is 359 g/mol. The molecule has 0 aliphatic heterocycles. The molecule has 7 nitrogen and oxygen atoms in total. The number of nitrogens with zero attached hydrogens (tertiary/aromatic N) is 3. The van der Waals surface area contributed by atoms with E-state index in [4.69, 9.17) is 4.74 Å². The first-order chi connectivity index (χ1) is 12.3. The molecular formula is C19H25N3O4. The zero-order valence-electron chi connectivity index (χ0n) is 15.6. The smallest absolute Gasteiger partial charge is 0.308 e. The van der Waals surface area contributed by atoms with Crippen LogP contribution in [0.5, 0.6) is 0 Å². The van der Waals surface area contributed by atoms with E-state index in [9.17, 15) is 14.4 Å². The summed E-state index contributed by atoms with van der Waals surface area (Å²) in [5, 5.41) is 0.503.